The molecule has 25 heavy (non-hydrogen) atoms. The van der Waals surface area contributed by atoms with Gasteiger partial charge in [-0.2, -0.15) is 15.3 Å². The molecule has 0 aliphatic heterocycles. The number of aromatic nitrogens is 6. The van der Waals surface area contributed by atoms with E-state index in [0.717, 1.165) is 5.69 Å². The third-order valence-corrected chi connectivity index (χ3v) is 3.85. The van der Waals surface area contributed by atoms with Gasteiger partial charge in [0.05, 0.1) is 41.2 Å². The van der Waals surface area contributed by atoms with E-state index in [1.807, 2.05) is 6.92 Å². The fraction of sp³-hybridized carbons (Fsp3) is 0.267. The molecule has 0 saturated heterocycles. The predicted octanol–water partition coefficient (Wildman–Crippen LogP) is 0.700. The molecular weight excluding hydrogens is 324 g/mol. The molecular formula is C15H18N8O2. The Kier molecular flexibility index (Phi) is 4.09. The summed E-state index contributed by atoms with van der Waals surface area (Å²) >= 11 is 0. The monoisotopic (exact) mass is 342 g/mol. The Hall–Kier alpha value is -3.43. The van der Waals surface area contributed by atoms with Crippen LogP contribution in [-0.4, -0.2) is 41.2 Å². The number of carbonyl (C=O) groups excluding carboxylic acids is 2. The molecule has 130 valence electrons. The first-order chi connectivity index (χ1) is 11.9. The quantitative estimate of drug-likeness (QED) is 0.725. The van der Waals surface area contributed by atoms with Crippen LogP contribution in [-0.2, 0) is 21.1 Å². The van der Waals surface area contributed by atoms with Crippen molar-refractivity contribution in [3.63, 3.8) is 0 Å². The minimum atomic E-state index is -0.391. The molecule has 2 N–H and O–H groups in total. The number of nitrogens with one attached hydrogen (secondary N) is 2. The molecule has 0 fully saturated rings. The molecule has 0 radical (unpaired) electrons. The zero-order chi connectivity index (χ0) is 18.1. The zero-order valence-electron chi connectivity index (χ0n) is 14.3. The molecule has 3 rings (SSSR count). The van der Waals surface area contributed by atoms with Crippen LogP contribution in [0.25, 0.3) is 0 Å². The summed E-state index contributed by atoms with van der Waals surface area (Å²) in [6.45, 7) is 1.84. The first-order valence-electron chi connectivity index (χ1n) is 7.48. The minimum absolute atomic E-state index is 0.237. The Morgan fingerprint density at radius 2 is 1.52 bits per heavy atom. The SMILES string of the molecule is Cc1c(NC(=O)c2c(NC(=O)c3cnn(C)c3)cnn2C)cnn1C. The second-order valence-corrected chi connectivity index (χ2v) is 5.61. The van der Waals surface area contributed by atoms with Crippen LogP contribution in [0.4, 0.5) is 11.4 Å². The fourth-order valence-electron chi connectivity index (χ4n) is 2.33. The molecule has 0 aliphatic carbocycles. The summed E-state index contributed by atoms with van der Waals surface area (Å²) in [7, 11) is 5.13. The van der Waals surface area contributed by atoms with Gasteiger partial charge in [0.15, 0.2) is 0 Å². The molecule has 3 aromatic heterocycles. The second kappa shape index (κ2) is 6.23. The number of aryl methyl sites for hydroxylation is 3. The molecule has 2 amide bonds. The zero-order valence-corrected chi connectivity index (χ0v) is 14.3. The highest BCUT2D eigenvalue weighted by molar-refractivity contribution is 6.11. The lowest BCUT2D eigenvalue weighted by molar-refractivity contribution is 0.101. The van der Waals surface area contributed by atoms with E-state index in [1.54, 1.807) is 38.2 Å². The molecule has 3 heterocycles. The van der Waals surface area contributed by atoms with Crippen LogP contribution in [0.5, 0.6) is 0 Å². The average molecular weight is 342 g/mol. The maximum Gasteiger partial charge on any atom is 0.276 e. The molecule has 10 nitrogen and oxygen atoms in total. The molecule has 0 aromatic carbocycles. The fourth-order valence-corrected chi connectivity index (χ4v) is 2.33. The van der Waals surface area contributed by atoms with Crippen LogP contribution >= 0.6 is 0 Å². The molecule has 10 heteroatoms. The summed E-state index contributed by atoms with van der Waals surface area (Å²) in [4.78, 5) is 24.9. The van der Waals surface area contributed by atoms with Crippen LogP contribution in [0.15, 0.2) is 24.8 Å². The van der Waals surface area contributed by atoms with E-state index < -0.39 is 5.91 Å². The van der Waals surface area contributed by atoms with Gasteiger partial charge in [-0.1, -0.05) is 0 Å². The van der Waals surface area contributed by atoms with Crippen molar-refractivity contribution in [2.45, 2.75) is 6.92 Å². The van der Waals surface area contributed by atoms with Crippen LogP contribution in [0, 0.1) is 6.92 Å². The Morgan fingerprint density at radius 3 is 2.12 bits per heavy atom. The highest BCUT2D eigenvalue weighted by Gasteiger charge is 2.21. The van der Waals surface area contributed by atoms with Crippen molar-refractivity contribution < 1.29 is 9.59 Å². The number of carbonyl (C=O) groups is 2. The summed E-state index contributed by atoms with van der Waals surface area (Å²) in [6, 6.07) is 0. The van der Waals surface area contributed by atoms with Crippen LogP contribution < -0.4 is 10.6 Å². The lowest BCUT2D eigenvalue weighted by atomic mass is 10.3. The number of amides is 2. The Morgan fingerprint density at radius 1 is 0.880 bits per heavy atom. The topological polar surface area (TPSA) is 112 Å². The number of hydrogen-bond acceptors (Lipinski definition) is 5. The molecule has 3 aromatic rings. The average Bonchev–Trinajstić information content (AvgIpc) is 3.23. The number of rotatable bonds is 4. The van der Waals surface area contributed by atoms with Gasteiger partial charge < -0.3 is 10.6 Å². The lowest BCUT2D eigenvalue weighted by Crippen LogP contribution is -2.20. The molecule has 0 saturated carbocycles. The number of hydrogen-bond donors (Lipinski definition) is 2. The van der Waals surface area contributed by atoms with E-state index in [4.69, 9.17) is 0 Å². The Balaban J connectivity index is 1.82. The van der Waals surface area contributed by atoms with Gasteiger partial charge in [0.1, 0.15) is 5.69 Å². The summed E-state index contributed by atoms with van der Waals surface area (Å²) in [5.74, 6) is -0.759. The largest absolute Gasteiger partial charge is 0.319 e. The van der Waals surface area contributed by atoms with Gasteiger partial charge in [-0.3, -0.25) is 23.6 Å². The normalized spacial score (nSPS) is 10.7. The van der Waals surface area contributed by atoms with Crippen molar-refractivity contribution in [1.82, 2.24) is 29.3 Å². The van der Waals surface area contributed by atoms with Crippen molar-refractivity contribution in [3.8, 4) is 0 Å². The molecule has 0 bridgehead atoms. The van der Waals surface area contributed by atoms with Gasteiger partial charge in [-0.15, -0.1) is 0 Å². The summed E-state index contributed by atoms with van der Waals surface area (Å²) < 4.78 is 4.58. The van der Waals surface area contributed by atoms with E-state index in [2.05, 4.69) is 25.9 Å². The summed E-state index contributed by atoms with van der Waals surface area (Å²) in [5, 5.41) is 17.6. The Labute approximate surface area is 143 Å². The van der Waals surface area contributed by atoms with Gasteiger partial charge in [-0.25, -0.2) is 0 Å². The van der Waals surface area contributed by atoms with E-state index in [9.17, 15) is 9.59 Å². The van der Waals surface area contributed by atoms with Crippen molar-refractivity contribution in [1.29, 1.82) is 0 Å². The minimum Gasteiger partial charge on any atom is -0.319 e. The smallest absolute Gasteiger partial charge is 0.276 e. The van der Waals surface area contributed by atoms with Gasteiger partial charge in [-0.05, 0) is 6.92 Å². The number of nitrogens with zero attached hydrogens (tertiary/aromatic N) is 6. The summed E-state index contributed by atoms with van der Waals surface area (Å²) in [5.41, 5.74) is 2.35. The third kappa shape index (κ3) is 3.13. The van der Waals surface area contributed by atoms with E-state index >= 15 is 0 Å². The van der Waals surface area contributed by atoms with Crippen molar-refractivity contribution >= 4 is 23.2 Å². The van der Waals surface area contributed by atoms with Gasteiger partial charge in [0, 0.05) is 27.3 Å². The van der Waals surface area contributed by atoms with Crippen LogP contribution in [0.1, 0.15) is 26.5 Å². The summed E-state index contributed by atoms with van der Waals surface area (Å²) in [6.07, 6.45) is 6.03. The van der Waals surface area contributed by atoms with Crippen LogP contribution in [0.2, 0.25) is 0 Å². The maximum absolute atomic E-state index is 12.6. The van der Waals surface area contributed by atoms with Gasteiger partial charge >= 0.3 is 0 Å². The third-order valence-electron chi connectivity index (χ3n) is 3.85. The highest BCUT2D eigenvalue weighted by Crippen LogP contribution is 2.19. The highest BCUT2D eigenvalue weighted by atomic mass is 16.2. The van der Waals surface area contributed by atoms with Crippen molar-refractivity contribution in [2.24, 2.45) is 21.1 Å². The molecule has 0 atom stereocenters. The molecule has 0 unspecified atom stereocenters. The van der Waals surface area contributed by atoms with E-state index in [1.165, 1.54) is 21.8 Å². The van der Waals surface area contributed by atoms with E-state index in [0.29, 0.717) is 16.9 Å². The van der Waals surface area contributed by atoms with Crippen molar-refractivity contribution in [2.75, 3.05) is 10.6 Å². The first-order valence-corrected chi connectivity index (χ1v) is 7.48. The molecule has 0 aliphatic rings. The van der Waals surface area contributed by atoms with Crippen LogP contribution in [0.3, 0.4) is 0 Å². The van der Waals surface area contributed by atoms with E-state index in [-0.39, 0.29) is 11.6 Å². The lowest BCUT2D eigenvalue weighted by Gasteiger charge is -2.08. The first kappa shape index (κ1) is 16.4. The second-order valence-electron chi connectivity index (χ2n) is 5.61. The van der Waals surface area contributed by atoms with Gasteiger partial charge in [0.2, 0.25) is 0 Å². The Bertz CT molecular complexity index is 949. The number of anilines is 2. The standard InChI is InChI=1S/C15H18N8O2/c1-9-11(6-17-22(9)3)19-15(25)13-12(7-18-23(13)4)20-14(24)10-5-16-21(2)8-10/h5-8H,1-4H3,(H,19,25)(H,20,24). The van der Waals surface area contributed by atoms with Gasteiger partial charge in [0.25, 0.3) is 11.8 Å². The molecule has 0 spiro atoms. The maximum atomic E-state index is 12.6. The van der Waals surface area contributed by atoms with Crippen molar-refractivity contribution in [3.05, 3.63) is 41.7 Å². The predicted molar refractivity (Wildman–Crippen MR) is 90.3 cm³/mol.